The molecule has 1 aromatic rings. The van der Waals surface area contributed by atoms with E-state index in [4.69, 9.17) is 16.3 Å². The van der Waals surface area contributed by atoms with Gasteiger partial charge in [-0.3, -0.25) is 4.79 Å². The molecule has 1 atom stereocenters. The van der Waals surface area contributed by atoms with Crippen molar-refractivity contribution < 1.29 is 14.6 Å². The van der Waals surface area contributed by atoms with Crippen LogP contribution in [0.5, 0.6) is 5.75 Å². The Morgan fingerprint density at radius 3 is 2.50 bits per heavy atom. The summed E-state index contributed by atoms with van der Waals surface area (Å²) in [5.41, 5.74) is 0.288. The standard InChI is InChI=1S/C14H19ClO3/c1-9-7-10(15)5-6-11(9)18-12(8-16)13(17)14(2,3)4/h5-7,12,16H,8H2,1-4H3. The van der Waals surface area contributed by atoms with Crippen molar-refractivity contribution in [2.45, 2.75) is 33.8 Å². The molecule has 1 rings (SSSR count). The molecule has 0 spiro atoms. The second-order valence-electron chi connectivity index (χ2n) is 5.31. The van der Waals surface area contributed by atoms with Gasteiger partial charge in [-0.25, -0.2) is 0 Å². The summed E-state index contributed by atoms with van der Waals surface area (Å²) in [4.78, 5) is 12.1. The lowest BCUT2D eigenvalue weighted by atomic mass is 9.87. The van der Waals surface area contributed by atoms with Crippen LogP contribution < -0.4 is 4.74 Å². The van der Waals surface area contributed by atoms with Gasteiger partial charge in [0, 0.05) is 10.4 Å². The highest BCUT2D eigenvalue weighted by Gasteiger charge is 2.31. The molecular formula is C14H19ClO3. The van der Waals surface area contributed by atoms with E-state index in [-0.39, 0.29) is 12.4 Å². The number of ketones is 1. The maximum atomic E-state index is 12.1. The van der Waals surface area contributed by atoms with Crippen LogP contribution in [0, 0.1) is 12.3 Å². The third kappa shape index (κ3) is 3.72. The van der Waals surface area contributed by atoms with Crippen molar-refractivity contribution in [1.29, 1.82) is 0 Å². The molecule has 0 fully saturated rings. The number of carbonyl (C=O) groups excluding carboxylic acids is 1. The fourth-order valence-corrected chi connectivity index (χ4v) is 1.78. The van der Waals surface area contributed by atoms with Gasteiger partial charge < -0.3 is 9.84 Å². The number of Topliss-reactive ketones (excluding diaryl/α,β-unsaturated/α-hetero) is 1. The van der Waals surface area contributed by atoms with Gasteiger partial charge in [-0.2, -0.15) is 0 Å². The fraction of sp³-hybridized carbons (Fsp3) is 0.500. The Bertz CT molecular complexity index is 435. The summed E-state index contributed by atoms with van der Waals surface area (Å²) in [6.07, 6.45) is -0.843. The number of aliphatic hydroxyl groups excluding tert-OH is 1. The molecule has 4 heteroatoms. The zero-order valence-electron chi connectivity index (χ0n) is 11.2. The normalized spacial score (nSPS) is 13.2. The zero-order chi connectivity index (χ0) is 13.9. The average Bonchev–Trinajstić information content (AvgIpc) is 2.26. The summed E-state index contributed by atoms with van der Waals surface area (Å²) in [7, 11) is 0. The van der Waals surface area contributed by atoms with Gasteiger partial charge in [-0.1, -0.05) is 32.4 Å². The number of halogens is 1. The Hall–Kier alpha value is -1.06. The third-order valence-corrected chi connectivity index (χ3v) is 2.84. The zero-order valence-corrected chi connectivity index (χ0v) is 11.9. The van der Waals surface area contributed by atoms with E-state index < -0.39 is 11.5 Å². The van der Waals surface area contributed by atoms with E-state index >= 15 is 0 Å². The molecule has 0 bridgehead atoms. The summed E-state index contributed by atoms with van der Waals surface area (Å²) >= 11 is 5.85. The van der Waals surface area contributed by atoms with Gasteiger partial charge in [0.2, 0.25) is 0 Å². The van der Waals surface area contributed by atoms with Gasteiger partial charge in [0.1, 0.15) is 5.75 Å². The molecule has 0 radical (unpaired) electrons. The van der Waals surface area contributed by atoms with Crippen molar-refractivity contribution in [2.24, 2.45) is 5.41 Å². The quantitative estimate of drug-likeness (QED) is 0.915. The van der Waals surface area contributed by atoms with Crippen molar-refractivity contribution >= 4 is 17.4 Å². The van der Waals surface area contributed by atoms with E-state index in [9.17, 15) is 9.90 Å². The Morgan fingerprint density at radius 1 is 1.44 bits per heavy atom. The lowest BCUT2D eigenvalue weighted by Crippen LogP contribution is -2.39. The average molecular weight is 271 g/mol. The first-order valence-corrected chi connectivity index (χ1v) is 6.21. The topological polar surface area (TPSA) is 46.5 Å². The van der Waals surface area contributed by atoms with E-state index in [1.165, 1.54) is 0 Å². The van der Waals surface area contributed by atoms with Crippen molar-refractivity contribution in [2.75, 3.05) is 6.61 Å². The van der Waals surface area contributed by atoms with Crippen LogP contribution in [0.3, 0.4) is 0 Å². The summed E-state index contributed by atoms with van der Waals surface area (Å²) < 4.78 is 5.58. The second-order valence-corrected chi connectivity index (χ2v) is 5.75. The minimum Gasteiger partial charge on any atom is -0.480 e. The van der Waals surface area contributed by atoms with E-state index in [0.717, 1.165) is 5.56 Å². The van der Waals surface area contributed by atoms with Crippen molar-refractivity contribution in [3.05, 3.63) is 28.8 Å². The van der Waals surface area contributed by atoms with Gasteiger partial charge in [-0.05, 0) is 30.7 Å². The molecule has 0 saturated carbocycles. The van der Waals surface area contributed by atoms with Crippen LogP contribution in [0.25, 0.3) is 0 Å². The minimum absolute atomic E-state index is 0.126. The molecule has 1 aromatic carbocycles. The predicted molar refractivity (Wildman–Crippen MR) is 72.2 cm³/mol. The summed E-state index contributed by atoms with van der Waals surface area (Å²) in [6.45, 7) is 6.91. The van der Waals surface area contributed by atoms with Gasteiger partial charge in [0.15, 0.2) is 11.9 Å². The van der Waals surface area contributed by atoms with Crippen molar-refractivity contribution in [3.8, 4) is 5.75 Å². The first-order chi connectivity index (χ1) is 8.25. The third-order valence-electron chi connectivity index (χ3n) is 2.60. The molecule has 0 aliphatic rings. The summed E-state index contributed by atoms with van der Waals surface area (Å²) in [5, 5.41) is 9.91. The van der Waals surface area contributed by atoms with Crippen LogP contribution in [-0.4, -0.2) is 23.6 Å². The molecule has 0 heterocycles. The minimum atomic E-state index is -0.843. The highest BCUT2D eigenvalue weighted by atomic mass is 35.5. The number of aryl methyl sites for hydroxylation is 1. The Labute approximate surface area is 113 Å². The molecule has 1 unspecified atom stereocenters. The van der Waals surface area contributed by atoms with Crippen LogP contribution in [0.1, 0.15) is 26.3 Å². The van der Waals surface area contributed by atoms with Crippen molar-refractivity contribution in [3.63, 3.8) is 0 Å². The van der Waals surface area contributed by atoms with E-state index in [1.54, 1.807) is 39.0 Å². The smallest absolute Gasteiger partial charge is 0.180 e. The van der Waals surface area contributed by atoms with Gasteiger partial charge in [0.05, 0.1) is 6.61 Å². The molecule has 3 nitrogen and oxygen atoms in total. The maximum Gasteiger partial charge on any atom is 0.180 e. The first-order valence-electron chi connectivity index (χ1n) is 5.83. The summed E-state index contributed by atoms with van der Waals surface area (Å²) in [6, 6.07) is 5.16. The lowest BCUT2D eigenvalue weighted by Gasteiger charge is -2.24. The summed E-state index contributed by atoms with van der Waals surface area (Å²) in [5.74, 6) is 0.440. The maximum absolute atomic E-state index is 12.1. The van der Waals surface area contributed by atoms with E-state index in [1.807, 2.05) is 6.92 Å². The second kappa shape index (κ2) is 5.72. The number of rotatable bonds is 4. The molecule has 1 N–H and O–H groups in total. The number of aliphatic hydroxyl groups is 1. The van der Waals surface area contributed by atoms with Gasteiger partial charge in [-0.15, -0.1) is 0 Å². The van der Waals surface area contributed by atoms with Crippen LogP contribution in [0.2, 0.25) is 5.02 Å². The number of carbonyl (C=O) groups is 1. The lowest BCUT2D eigenvalue weighted by molar-refractivity contribution is -0.135. The van der Waals surface area contributed by atoms with Crippen LogP contribution in [0.15, 0.2) is 18.2 Å². The highest BCUT2D eigenvalue weighted by molar-refractivity contribution is 6.30. The van der Waals surface area contributed by atoms with Crippen molar-refractivity contribution in [1.82, 2.24) is 0 Å². The number of hydrogen-bond donors (Lipinski definition) is 1. The van der Waals surface area contributed by atoms with Crippen LogP contribution in [-0.2, 0) is 4.79 Å². The Morgan fingerprint density at radius 2 is 2.06 bits per heavy atom. The molecular weight excluding hydrogens is 252 g/mol. The molecule has 0 amide bonds. The Balaban J connectivity index is 2.90. The monoisotopic (exact) mass is 270 g/mol. The number of hydrogen-bond acceptors (Lipinski definition) is 3. The predicted octanol–water partition coefficient (Wildman–Crippen LogP) is 3.00. The first kappa shape index (κ1) is 15.0. The highest BCUT2D eigenvalue weighted by Crippen LogP contribution is 2.25. The SMILES string of the molecule is Cc1cc(Cl)ccc1OC(CO)C(=O)C(C)(C)C. The number of benzene rings is 1. The molecule has 0 aliphatic carbocycles. The van der Waals surface area contributed by atoms with E-state index in [0.29, 0.717) is 10.8 Å². The molecule has 100 valence electrons. The number of ether oxygens (including phenoxy) is 1. The van der Waals surface area contributed by atoms with Gasteiger partial charge >= 0.3 is 0 Å². The largest absolute Gasteiger partial charge is 0.480 e. The van der Waals surface area contributed by atoms with Crippen LogP contribution in [0.4, 0.5) is 0 Å². The van der Waals surface area contributed by atoms with Gasteiger partial charge in [0.25, 0.3) is 0 Å². The van der Waals surface area contributed by atoms with Crippen LogP contribution >= 0.6 is 11.6 Å². The molecule has 0 saturated heterocycles. The molecule has 18 heavy (non-hydrogen) atoms. The Kier molecular flexibility index (Phi) is 4.77. The fourth-order valence-electron chi connectivity index (χ4n) is 1.55. The molecule has 0 aliphatic heterocycles. The molecule has 0 aromatic heterocycles. The van der Waals surface area contributed by atoms with E-state index in [2.05, 4.69) is 0 Å².